The molecule has 0 unspecified atom stereocenters. The average Bonchev–Trinajstić information content (AvgIpc) is 3.37. The topological polar surface area (TPSA) is 162 Å². The number of phenols is 8. The number of rotatable bonds is 0. The lowest BCUT2D eigenvalue weighted by Gasteiger charge is -2.27. The number of aromatic hydroxyl groups is 8. The van der Waals surface area contributed by atoms with Crippen LogP contribution in [0.5, 0.6) is 46.0 Å². The number of benzene rings is 8. The van der Waals surface area contributed by atoms with Crippen LogP contribution >= 0.6 is 0 Å². The van der Waals surface area contributed by atoms with Crippen LogP contribution in [-0.4, -0.2) is 40.9 Å². The summed E-state index contributed by atoms with van der Waals surface area (Å²) in [5.41, 5.74) is 15.2. The van der Waals surface area contributed by atoms with Gasteiger partial charge in [0, 0.05) is 51.4 Å². The van der Waals surface area contributed by atoms with Gasteiger partial charge in [0.1, 0.15) is 46.0 Å². The maximum Gasteiger partial charge on any atom is 0.122 e. The SMILES string of the molecule is CC(C)(C)c1cc2c(O)c(c1)Cc1cc(C(C)(C)C)cc(c1O)Cc1cc(C(C)(C)C)cc(c1O)Cc1cc(C(C)(C)C)cc(c1O)C2.Oc1c2cccc1Cc1cccc(c1O)Cc1cccc(c1O)Cc1cccc(c1O)C2. The van der Waals surface area contributed by atoms with Gasteiger partial charge in [0.15, 0.2) is 0 Å². The minimum Gasteiger partial charge on any atom is -0.507 e. The van der Waals surface area contributed by atoms with Crippen LogP contribution in [0.15, 0.2) is 121 Å². The number of phenolic OH excluding ortho intramolecular Hbond substituents is 8. The lowest BCUT2D eigenvalue weighted by atomic mass is 9.79. The highest BCUT2D eigenvalue weighted by molar-refractivity contribution is 5.60. The summed E-state index contributed by atoms with van der Waals surface area (Å²) in [6.07, 6.45) is 2.84. The van der Waals surface area contributed by atoms with E-state index in [2.05, 4.69) is 132 Å². The van der Waals surface area contributed by atoms with E-state index >= 15 is 0 Å². The van der Waals surface area contributed by atoms with Crippen molar-refractivity contribution in [2.24, 2.45) is 0 Å². The lowest BCUT2D eigenvalue weighted by molar-refractivity contribution is 0.447. The number of para-hydroxylation sites is 4. The van der Waals surface area contributed by atoms with Crippen molar-refractivity contribution in [1.82, 2.24) is 0 Å². The Hall–Kier alpha value is -7.84. The van der Waals surface area contributed by atoms with Crippen LogP contribution in [0.25, 0.3) is 0 Å². The molecular formula is C72H80O8. The Morgan fingerprint density at radius 1 is 0.200 bits per heavy atom. The van der Waals surface area contributed by atoms with Crippen LogP contribution in [0.2, 0.25) is 0 Å². The molecule has 0 saturated heterocycles. The van der Waals surface area contributed by atoms with Gasteiger partial charge >= 0.3 is 0 Å². The van der Waals surface area contributed by atoms with Crippen molar-refractivity contribution < 1.29 is 40.9 Å². The largest absolute Gasteiger partial charge is 0.507 e. The molecule has 0 heterocycles. The molecule has 0 aliphatic heterocycles. The smallest absolute Gasteiger partial charge is 0.122 e. The summed E-state index contributed by atoms with van der Waals surface area (Å²) < 4.78 is 0. The summed E-state index contributed by atoms with van der Waals surface area (Å²) >= 11 is 0. The molecule has 2 aliphatic rings. The predicted molar refractivity (Wildman–Crippen MR) is 322 cm³/mol. The van der Waals surface area contributed by atoms with Crippen LogP contribution in [0.4, 0.5) is 0 Å². The van der Waals surface area contributed by atoms with Gasteiger partial charge in [0.2, 0.25) is 0 Å². The maximum atomic E-state index is 11.9. The van der Waals surface area contributed by atoms with Gasteiger partial charge in [-0.15, -0.1) is 0 Å². The molecule has 16 bridgehead atoms. The molecule has 8 aromatic rings. The third kappa shape index (κ3) is 11.9. The van der Waals surface area contributed by atoms with Gasteiger partial charge in [0.25, 0.3) is 0 Å². The molecule has 0 radical (unpaired) electrons. The lowest BCUT2D eigenvalue weighted by Crippen LogP contribution is -2.15. The van der Waals surface area contributed by atoms with Crippen LogP contribution in [0, 0.1) is 0 Å². The van der Waals surface area contributed by atoms with Crippen LogP contribution in [0.1, 0.15) is 194 Å². The molecule has 0 saturated carbocycles. The van der Waals surface area contributed by atoms with Crippen molar-refractivity contribution >= 4 is 0 Å². The van der Waals surface area contributed by atoms with Gasteiger partial charge in [0.05, 0.1) is 0 Å². The van der Waals surface area contributed by atoms with E-state index < -0.39 is 0 Å². The molecule has 8 N–H and O–H groups in total. The van der Waals surface area contributed by atoms with Gasteiger partial charge in [-0.05, 0) is 133 Å². The first-order valence-electron chi connectivity index (χ1n) is 28.0. The van der Waals surface area contributed by atoms with Crippen molar-refractivity contribution in [1.29, 1.82) is 0 Å². The molecular weight excluding hydrogens is 993 g/mol. The van der Waals surface area contributed by atoms with Gasteiger partial charge in [-0.1, -0.05) is 204 Å². The zero-order chi connectivity index (χ0) is 58.0. The standard InChI is InChI=1S/C44H56O4.C28H24O4/c1-41(2,3)33-17-25-13-27-19-34(42(4,5)6)21-29(38(27)46)15-31-23-36(44(10,11)12)24-32(40(31)48)16-30-22-35(43(7,8)9)20-28(39(30)47)14-26(18-33)37(25)45;29-25-17-5-1-6-18(25)14-20-8-3-10-22(27(20)31)16-24-12-4-11-23(28(24)32)15-21-9-2-7-19(13-17)26(21)30/h17-24,45-48H,13-16H2,1-12H3;1-12,29-32H,13-16H2. The molecule has 0 atom stereocenters. The fraction of sp³-hybridized carbons (Fsp3) is 0.333. The van der Waals surface area contributed by atoms with Crippen LogP contribution in [0.3, 0.4) is 0 Å². The third-order valence-corrected chi connectivity index (χ3v) is 16.4. The van der Waals surface area contributed by atoms with Gasteiger partial charge < -0.3 is 40.9 Å². The highest BCUT2D eigenvalue weighted by Gasteiger charge is 2.28. The summed E-state index contributed by atoms with van der Waals surface area (Å²) in [4.78, 5) is 0. The summed E-state index contributed by atoms with van der Waals surface area (Å²) in [5, 5.41) is 91.4. The maximum absolute atomic E-state index is 11.9. The normalized spacial score (nSPS) is 13.8. The molecule has 2 aliphatic carbocycles. The molecule has 0 fully saturated rings. The zero-order valence-corrected chi connectivity index (χ0v) is 48.8. The van der Waals surface area contributed by atoms with Crippen molar-refractivity contribution in [3.8, 4) is 46.0 Å². The monoisotopic (exact) mass is 1070 g/mol. The van der Waals surface area contributed by atoms with Crippen molar-refractivity contribution in [2.75, 3.05) is 0 Å². The molecule has 0 spiro atoms. The molecule has 10 rings (SSSR count). The molecule has 416 valence electrons. The van der Waals surface area contributed by atoms with E-state index in [1.165, 1.54) is 0 Å². The number of hydrogen-bond acceptors (Lipinski definition) is 8. The van der Waals surface area contributed by atoms with E-state index in [0.29, 0.717) is 95.9 Å². The Morgan fingerprint density at radius 2 is 0.312 bits per heavy atom. The molecule has 8 nitrogen and oxygen atoms in total. The van der Waals surface area contributed by atoms with Crippen LogP contribution < -0.4 is 0 Å². The molecule has 80 heavy (non-hydrogen) atoms. The van der Waals surface area contributed by atoms with E-state index in [1.807, 2.05) is 72.8 Å². The van der Waals surface area contributed by atoms with Gasteiger partial charge in [-0.2, -0.15) is 0 Å². The van der Waals surface area contributed by atoms with E-state index in [9.17, 15) is 40.9 Å². The van der Waals surface area contributed by atoms with E-state index in [4.69, 9.17) is 0 Å². The molecule has 0 amide bonds. The second-order valence-corrected chi connectivity index (χ2v) is 26.7. The van der Waals surface area contributed by atoms with Crippen LogP contribution in [-0.2, 0) is 73.0 Å². The van der Waals surface area contributed by atoms with Crippen molar-refractivity contribution in [3.63, 3.8) is 0 Å². The minimum absolute atomic E-state index is 0.178. The van der Waals surface area contributed by atoms with Gasteiger partial charge in [-0.25, -0.2) is 0 Å². The Bertz CT molecular complexity index is 3020. The summed E-state index contributed by atoms with van der Waals surface area (Å²) in [6, 6.07) is 38.8. The first-order chi connectivity index (χ1) is 37.4. The molecule has 0 aromatic heterocycles. The first kappa shape index (κ1) is 56.9. The van der Waals surface area contributed by atoms with E-state index in [-0.39, 0.29) is 67.7 Å². The second-order valence-electron chi connectivity index (χ2n) is 26.7. The molecule has 8 aromatic carbocycles. The Balaban J connectivity index is 0.000000209. The quantitative estimate of drug-likeness (QED) is 0.0745. The fourth-order valence-corrected chi connectivity index (χ4v) is 11.2. The highest BCUT2D eigenvalue weighted by atomic mass is 16.3. The zero-order valence-electron chi connectivity index (χ0n) is 48.8. The number of hydrogen-bond donors (Lipinski definition) is 8. The minimum atomic E-state index is -0.190. The van der Waals surface area contributed by atoms with Crippen molar-refractivity contribution in [3.05, 3.63) is 233 Å². The third-order valence-electron chi connectivity index (χ3n) is 16.4. The Labute approximate surface area is 473 Å². The Kier molecular flexibility index (Phi) is 15.2. The second kappa shape index (κ2) is 21.3. The Morgan fingerprint density at radius 3 is 0.438 bits per heavy atom. The number of fused-ring (bicyclic) bond motifs is 16. The van der Waals surface area contributed by atoms with E-state index in [0.717, 1.165) is 66.8 Å². The van der Waals surface area contributed by atoms with E-state index in [1.54, 1.807) is 0 Å². The van der Waals surface area contributed by atoms with Crippen molar-refractivity contribution in [2.45, 2.75) is 156 Å². The summed E-state index contributed by atoms with van der Waals surface area (Å²) in [7, 11) is 0. The summed E-state index contributed by atoms with van der Waals surface area (Å²) in [6.45, 7) is 26.0. The predicted octanol–water partition coefficient (Wildman–Crippen LogP) is 15.6. The first-order valence-corrected chi connectivity index (χ1v) is 28.0. The molecule has 8 heteroatoms. The fourth-order valence-electron chi connectivity index (χ4n) is 11.2. The highest BCUT2D eigenvalue weighted by Crippen LogP contribution is 2.44. The average molecular weight is 1070 g/mol. The van der Waals surface area contributed by atoms with Gasteiger partial charge in [-0.3, -0.25) is 0 Å². The summed E-state index contributed by atoms with van der Waals surface area (Å²) in [5.74, 6) is 1.48.